The molecule has 0 aliphatic carbocycles. The fourth-order valence-corrected chi connectivity index (χ4v) is 4.01. The summed E-state index contributed by atoms with van der Waals surface area (Å²) in [4.78, 5) is 0.169. The van der Waals surface area contributed by atoms with Gasteiger partial charge in [-0.1, -0.05) is 0 Å². The second-order valence-electron chi connectivity index (χ2n) is 5.88. The van der Waals surface area contributed by atoms with Crippen LogP contribution in [0.3, 0.4) is 0 Å². The predicted molar refractivity (Wildman–Crippen MR) is 78.9 cm³/mol. The first-order chi connectivity index (χ1) is 9.13. The number of hydrogen-bond donors (Lipinski definition) is 2. The van der Waals surface area contributed by atoms with Gasteiger partial charge < -0.3 is 10.8 Å². The summed E-state index contributed by atoms with van der Waals surface area (Å²) in [6.45, 7) is 6.15. The Morgan fingerprint density at radius 3 is 2.25 bits per heavy atom. The summed E-state index contributed by atoms with van der Waals surface area (Å²) in [7, 11) is -3.58. The number of rotatable bonds is 2. The van der Waals surface area contributed by atoms with E-state index in [9.17, 15) is 13.5 Å². The average molecular weight is 298 g/mol. The lowest BCUT2D eigenvalue weighted by molar-refractivity contribution is 0.0126. The van der Waals surface area contributed by atoms with Crippen LogP contribution in [0.2, 0.25) is 0 Å². The van der Waals surface area contributed by atoms with Crippen LogP contribution in [0.4, 0.5) is 5.69 Å². The zero-order valence-corrected chi connectivity index (χ0v) is 13.0. The SMILES string of the molecule is Cc1cc(N)c(S(=O)(=O)N2CCC(C)(O)CC2)cc1C. The molecule has 3 N–H and O–H groups in total. The Hall–Kier alpha value is -1.11. The summed E-state index contributed by atoms with van der Waals surface area (Å²) in [6, 6.07) is 3.33. The lowest BCUT2D eigenvalue weighted by Crippen LogP contribution is -2.45. The second-order valence-corrected chi connectivity index (χ2v) is 7.78. The van der Waals surface area contributed by atoms with Crippen LogP contribution in [-0.2, 0) is 10.0 Å². The number of piperidine rings is 1. The number of aliphatic hydroxyl groups is 1. The van der Waals surface area contributed by atoms with E-state index in [0.29, 0.717) is 25.9 Å². The third kappa shape index (κ3) is 2.82. The van der Waals surface area contributed by atoms with Gasteiger partial charge in [0.1, 0.15) is 4.90 Å². The number of hydrogen-bond acceptors (Lipinski definition) is 4. The van der Waals surface area contributed by atoms with Crippen LogP contribution in [0.25, 0.3) is 0 Å². The van der Waals surface area contributed by atoms with Gasteiger partial charge in [0, 0.05) is 13.1 Å². The van der Waals surface area contributed by atoms with E-state index in [-0.39, 0.29) is 10.6 Å². The smallest absolute Gasteiger partial charge is 0.245 e. The highest BCUT2D eigenvalue weighted by molar-refractivity contribution is 7.89. The van der Waals surface area contributed by atoms with Crippen molar-refractivity contribution < 1.29 is 13.5 Å². The summed E-state index contributed by atoms with van der Waals surface area (Å²) < 4.78 is 26.7. The minimum atomic E-state index is -3.58. The number of nitrogens with two attached hydrogens (primary N) is 1. The Labute approximate surface area is 120 Å². The molecule has 0 aromatic heterocycles. The van der Waals surface area contributed by atoms with E-state index in [0.717, 1.165) is 11.1 Å². The molecule has 1 saturated heterocycles. The maximum absolute atomic E-state index is 12.6. The van der Waals surface area contributed by atoms with Crippen molar-refractivity contribution in [3.8, 4) is 0 Å². The van der Waals surface area contributed by atoms with E-state index in [4.69, 9.17) is 5.73 Å². The van der Waals surface area contributed by atoms with Crippen LogP contribution in [0, 0.1) is 13.8 Å². The quantitative estimate of drug-likeness (QED) is 0.809. The molecule has 0 spiro atoms. The molecule has 112 valence electrons. The Morgan fingerprint density at radius 2 is 1.70 bits per heavy atom. The van der Waals surface area contributed by atoms with Gasteiger partial charge in [0.25, 0.3) is 0 Å². The minimum Gasteiger partial charge on any atom is -0.398 e. The van der Waals surface area contributed by atoms with Gasteiger partial charge in [-0.2, -0.15) is 4.31 Å². The summed E-state index contributed by atoms with van der Waals surface area (Å²) in [5.41, 5.74) is 7.27. The molecular weight excluding hydrogens is 276 g/mol. The standard InChI is InChI=1S/C14H22N2O3S/c1-10-8-12(15)13(9-11(10)2)20(18,19)16-6-4-14(3,17)5-7-16/h8-9,17H,4-7,15H2,1-3H3. The van der Waals surface area contributed by atoms with Gasteiger partial charge >= 0.3 is 0 Å². The average Bonchev–Trinajstić information content (AvgIpc) is 2.33. The van der Waals surface area contributed by atoms with Gasteiger partial charge in [-0.05, 0) is 56.9 Å². The van der Waals surface area contributed by atoms with Crippen molar-refractivity contribution in [3.63, 3.8) is 0 Å². The number of nitrogen functional groups attached to an aromatic ring is 1. The Morgan fingerprint density at radius 1 is 1.20 bits per heavy atom. The normalized spacial score (nSPS) is 20.0. The molecule has 5 nitrogen and oxygen atoms in total. The van der Waals surface area contributed by atoms with Crippen LogP contribution in [0.15, 0.2) is 17.0 Å². The lowest BCUT2D eigenvalue weighted by Gasteiger charge is -2.35. The first-order valence-corrected chi connectivity index (χ1v) is 8.17. The Bertz CT molecular complexity index is 614. The third-order valence-electron chi connectivity index (χ3n) is 4.04. The lowest BCUT2D eigenvalue weighted by atomic mass is 9.95. The molecule has 20 heavy (non-hydrogen) atoms. The monoisotopic (exact) mass is 298 g/mol. The highest BCUT2D eigenvalue weighted by Crippen LogP contribution is 2.30. The van der Waals surface area contributed by atoms with E-state index in [1.54, 1.807) is 19.1 Å². The van der Waals surface area contributed by atoms with E-state index in [1.165, 1.54) is 4.31 Å². The van der Waals surface area contributed by atoms with Crippen LogP contribution < -0.4 is 5.73 Å². The summed E-state index contributed by atoms with van der Waals surface area (Å²) >= 11 is 0. The molecule has 0 unspecified atom stereocenters. The highest BCUT2D eigenvalue weighted by atomic mass is 32.2. The van der Waals surface area contributed by atoms with Gasteiger partial charge in [0.15, 0.2) is 0 Å². The zero-order valence-electron chi connectivity index (χ0n) is 12.2. The van der Waals surface area contributed by atoms with Gasteiger partial charge in [-0.25, -0.2) is 8.42 Å². The summed E-state index contributed by atoms with van der Waals surface area (Å²) in [5.74, 6) is 0. The summed E-state index contributed by atoms with van der Waals surface area (Å²) in [5, 5.41) is 9.92. The van der Waals surface area contributed by atoms with Crippen molar-refractivity contribution in [1.29, 1.82) is 0 Å². The number of nitrogens with zero attached hydrogens (tertiary/aromatic N) is 1. The zero-order chi connectivity index (χ0) is 15.1. The first kappa shape index (κ1) is 15.3. The predicted octanol–water partition coefficient (Wildman–Crippen LogP) is 1.42. The molecule has 0 radical (unpaired) electrons. The molecule has 0 atom stereocenters. The molecule has 1 aliphatic rings. The molecule has 1 heterocycles. The number of aryl methyl sites for hydroxylation is 2. The maximum atomic E-state index is 12.6. The number of benzene rings is 1. The second kappa shape index (κ2) is 5.02. The topological polar surface area (TPSA) is 83.6 Å². The fraction of sp³-hybridized carbons (Fsp3) is 0.571. The molecule has 1 aromatic rings. The maximum Gasteiger partial charge on any atom is 0.245 e. The highest BCUT2D eigenvalue weighted by Gasteiger charge is 2.34. The Kier molecular flexibility index (Phi) is 3.83. The van der Waals surface area contributed by atoms with Crippen molar-refractivity contribution in [2.24, 2.45) is 0 Å². The van der Waals surface area contributed by atoms with Crippen molar-refractivity contribution in [3.05, 3.63) is 23.3 Å². The van der Waals surface area contributed by atoms with Crippen LogP contribution in [-0.4, -0.2) is 36.5 Å². The van der Waals surface area contributed by atoms with E-state index >= 15 is 0 Å². The minimum absolute atomic E-state index is 0.169. The van der Waals surface area contributed by atoms with Gasteiger partial charge in [-0.15, -0.1) is 0 Å². The van der Waals surface area contributed by atoms with E-state index < -0.39 is 15.6 Å². The van der Waals surface area contributed by atoms with Gasteiger partial charge in [0.05, 0.1) is 11.3 Å². The first-order valence-electron chi connectivity index (χ1n) is 6.73. The molecule has 0 amide bonds. The van der Waals surface area contributed by atoms with Crippen molar-refractivity contribution in [2.75, 3.05) is 18.8 Å². The molecule has 1 aliphatic heterocycles. The molecule has 6 heteroatoms. The van der Waals surface area contributed by atoms with E-state index in [2.05, 4.69) is 0 Å². The van der Waals surface area contributed by atoms with Gasteiger partial charge in [-0.3, -0.25) is 0 Å². The van der Waals surface area contributed by atoms with Gasteiger partial charge in [0.2, 0.25) is 10.0 Å². The molecule has 0 bridgehead atoms. The molecule has 1 fully saturated rings. The van der Waals surface area contributed by atoms with Crippen molar-refractivity contribution in [1.82, 2.24) is 4.31 Å². The largest absolute Gasteiger partial charge is 0.398 e. The fourth-order valence-electron chi connectivity index (χ4n) is 2.38. The molecule has 2 rings (SSSR count). The number of sulfonamides is 1. The molecular formula is C14H22N2O3S. The van der Waals surface area contributed by atoms with Crippen molar-refractivity contribution >= 4 is 15.7 Å². The van der Waals surface area contributed by atoms with Crippen LogP contribution in [0.1, 0.15) is 30.9 Å². The third-order valence-corrected chi connectivity index (χ3v) is 6.00. The number of anilines is 1. The molecule has 0 saturated carbocycles. The molecule has 1 aromatic carbocycles. The van der Waals surface area contributed by atoms with Crippen LogP contribution >= 0.6 is 0 Å². The van der Waals surface area contributed by atoms with E-state index in [1.807, 2.05) is 13.8 Å². The van der Waals surface area contributed by atoms with Crippen LogP contribution in [0.5, 0.6) is 0 Å². The Balaban J connectivity index is 2.34. The summed E-state index contributed by atoms with van der Waals surface area (Å²) in [6.07, 6.45) is 0.883. The van der Waals surface area contributed by atoms with Crippen molar-refractivity contribution in [2.45, 2.75) is 44.1 Å².